The van der Waals surface area contributed by atoms with E-state index in [1.807, 2.05) is 18.4 Å². The number of aryl methyl sites for hydroxylation is 1. The van der Waals surface area contributed by atoms with Crippen LogP contribution in [0.15, 0.2) is 34.1 Å². The minimum atomic E-state index is -3.83. The van der Waals surface area contributed by atoms with Crippen LogP contribution in [0.3, 0.4) is 0 Å². The number of ether oxygens (including phenoxy) is 2. The molecule has 0 aliphatic carbocycles. The van der Waals surface area contributed by atoms with Crippen LogP contribution in [0.5, 0.6) is 0 Å². The van der Waals surface area contributed by atoms with Crippen molar-refractivity contribution in [1.29, 1.82) is 0 Å². The Morgan fingerprint density at radius 3 is 2.53 bits per heavy atom. The molecule has 3 rings (SSSR count). The van der Waals surface area contributed by atoms with Gasteiger partial charge in [-0.2, -0.15) is 0 Å². The van der Waals surface area contributed by atoms with E-state index in [1.165, 1.54) is 0 Å². The maximum Gasteiger partial charge on any atom is 0.254 e. The molecule has 1 aromatic carbocycles. The van der Waals surface area contributed by atoms with Crippen LogP contribution in [0.2, 0.25) is 0 Å². The summed E-state index contributed by atoms with van der Waals surface area (Å²) in [6, 6.07) is 6.76. The van der Waals surface area contributed by atoms with Gasteiger partial charge in [0.25, 0.3) is 5.91 Å². The van der Waals surface area contributed by atoms with E-state index in [9.17, 15) is 13.2 Å². The number of benzene rings is 1. The number of sulfone groups is 1. The van der Waals surface area contributed by atoms with E-state index in [0.717, 1.165) is 17.7 Å². The van der Waals surface area contributed by atoms with Crippen LogP contribution in [0.1, 0.15) is 36.1 Å². The van der Waals surface area contributed by atoms with Crippen molar-refractivity contribution in [2.45, 2.75) is 62.5 Å². The summed E-state index contributed by atoms with van der Waals surface area (Å²) in [4.78, 5) is 13.2. The van der Waals surface area contributed by atoms with Crippen molar-refractivity contribution in [1.82, 2.24) is 4.57 Å². The van der Waals surface area contributed by atoms with Crippen molar-refractivity contribution in [3.8, 4) is 0 Å². The molecule has 164 valence electrons. The molecule has 1 aliphatic heterocycles. The van der Waals surface area contributed by atoms with Gasteiger partial charge in [-0.1, -0.05) is 17.7 Å². The number of nitrogens with one attached hydrogen (secondary N) is 1. The third-order valence-electron chi connectivity index (χ3n) is 5.57. The summed E-state index contributed by atoms with van der Waals surface area (Å²) < 4.78 is 39.6. The lowest BCUT2D eigenvalue weighted by Crippen LogP contribution is -2.29. The first-order chi connectivity index (χ1) is 14.3. The summed E-state index contributed by atoms with van der Waals surface area (Å²) in [7, 11) is -2.20. The Bertz CT molecular complexity index is 1000. The number of hydrogen-bond acceptors (Lipinski definition) is 5. The first-order valence-corrected chi connectivity index (χ1v) is 11.7. The first-order valence-electron chi connectivity index (χ1n) is 10.2. The third kappa shape index (κ3) is 4.45. The van der Waals surface area contributed by atoms with Crippen molar-refractivity contribution >= 4 is 21.6 Å². The summed E-state index contributed by atoms with van der Waals surface area (Å²) in [6.07, 6.45) is 1.59. The van der Waals surface area contributed by atoms with E-state index >= 15 is 0 Å². The van der Waals surface area contributed by atoms with E-state index in [1.54, 1.807) is 38.3 Å². The van der Waals surface area contributed by atoms with Gasteiger partial charge in [-0.3, -0.25) is 4.79 Å². The summed E-state index contributed by atoms with van der Waals surface area (Å²) in [6.45, 7) is 7.18. The molecule has 1 fully saturated rings. The van der Waals surface area contributed by atoms with E-state index in [0.29, 0.717) is 44.0 Å². The van der Waals surface area contributed by atoms with E-state index in [4.69, 9.17) is 9.47 Å². The smallest absolute Gasteiger partial charge is 0.254 e. The quantitative estimate of drug-likeness (QED) is 0.644. The van der Waals surface area contributed by atoms with Crippen LogP contribution >= 0.6 is 0 Å². The van der Waals surface area contributed by atoms with Crippen LogP contribution in [-0.4, -0.2) is 45.3 Å². The highest BCUT2D eigenvalue weighted by atomic mass is 32.2. The zero-order chi connectivity index (χ0) is 21.9. The predicted octanol–water partition coefficient (Wildman–Crippen LogP) is 3.40. The number of hydrogen-bond donors (Lipinski definition) is 1. The van der Waals surface area contributed by atoms with Crippen molar-refractivity contribution in [2.24, 2.45) is 0 Å². The molecule has 1 N–H and O–H groups in total. The molecule has 0 spiro atoms. The lowest BCUT2D eigenvalue weighted by Gasteiger charge is -2.16. The molecule has 2 aromatic rings. The van der Waals surface area contributed by atoms with Gasteiger partial charge >= 0.3 is 0 Å². The highest BCUT2D eigenvalue weighted by molar-refractivity contribution is 7.91. The van der Waals surface area contributed by atoms with Crippen LogP contribution in [0.25, 0.3) is 0 Å². The van der Waals surface area contributed by atoms with Gasteiger partial charge < -0.3 is 19.4 Å². The zero-order valence-electron chi connectivity index (χ0n) is 18.0. The Kier molecular flexibility index (Phi) is 7.00. The molecule has 0 radical (unpaired) electrons. The van der Waals surface area contributed by atoms with Crippen molar-refractivity contribution in [3.05, 3.63) is 41.1 Å². The molecule has 1 saturated heterocycles. The zero-order valence-corrected chi connectivity index (χ0v) is 18.8. The van der Waals surface area contributed by atoms with E-state index in [2.05, 4.69) is 5.32 Å². The standard InChI is InChI=1S/C22H30N2O5S/c1-15-8-10-18(11-9-15)30(26,27)20-16(2)17(3)24(12-6-13-28-4)21(20)23-22(25)19-7-5-14-29-19/h8-11,19H,5-7,12-14H2,1-4H3,(H,23,25). The van der Waals surface area contributed by atoms with Crippen LogP contribution in [0.4, 0.5) is 5.82 Å². The van der Waals surface area contributed by atoms with E-state index in [-0.39, 0.29) is 15.7 Å². The Labute approximate surface area is 178 Å². The highest BCUT2D eigenvalue weighted by Gasteiger charge is 2.32. The molecular weight excluding hydrogens is 404 g/mol. The second kappa shape index (κ2) is 9.32. The molecule has 30 heavy (non-hydrogen) atoms. The Morgan fingerprint density at radius 2 is 1.93 bits per heavy atom. The van der Waals surface area contributed by atoms with Crippen LogP contribution in [0, 0.1) is 20.8 Å². The minimum Gasteiger partial charge on any atom is -0.385 e. The monoisotopic (exact) mass is 434 g/mol. The molecule has 1 aliphatic rings. The molecule has 7 nitrogen and oxygen atoms in total. The summed E-state index contributed by atoms with van der Waals surface area (Å²) >= 11 is 0. The highest BCUT2D eigenvalue weighted by Crippen LogP contribution is 2.36. The van der Waals surface area contributed by atoms with Crippen molar-refractivity contribution in [2.75, 3.05) is 25.6 Å². The molecular formula is C22H30N2O5S. The Hall–Kier alpha value is -2.16. The van der Waals surface area contributed by atoms with Gasteiger partial charge in [0.15, 0.2) is 0 Å². The second-order valence-corrected chi connectivity index (χ2v) is 9.58. The van der Waals surface area contributed by atoms with Gasteiger partial charge in [-0.25, -0.2) is 8.42 Å². The van der Waals surface area contributed by atoms with Gasteiger partial charge in [-0.05, 0) is 57.7 Å². The molecule has 1 amide bonds. The third-order valence-corrected chi connectivity index (χ3v) is 7.50. The number of carbonyl (C=O) groups is 1. The second-order valence-electron chi connectivity index (χ2n) is 7.69. The fraction of sp³-hybridized carbons (Fsp3) is 0.500. The van der Waals surface area contributed by atoms with Crippen molar-refractivity contribution in [3.63, 3.8) is 0 Å². The van der Waals surface area contributed by atoms with Crippen molar-refractivity contribution < 1.29 is 22.7 Å². The van der Waals surface area contributed by atoms with Gasteiger partial charge in [0, 0.05) is 32.6 Å². The lowest BCUT2D eigenvalue weighted by atomic mass is 10.2. The average Bonchev–Trinajstić information content (AvgIpc) is 3.32. The fourth-order valence-electron chi connectivity index (χ4n) is 3.75. The number of nitrogens with zero attached hydrogens (tertiary/aromatic N) is 1. The predicted molar refractivity (Wildman–Crippen MR) is 115 cm³/mol. The number of rotatable bonds is 8. The Morgan fingerprint density at radius 1 is 1.23 bits per heavy atom. The van der Waals surface area contributed by atoms with Gasteiger partial charge in [0.1, 0.15) is 16.8 Å². The van der Waals surface area contributed by atoms with Gasteiger partial charge in [-0.15, -0.1) is 0 Å². The maximum atomic E-state index is 13.6. The maximum absolute atomic E-state index is 13.6. The number of anilines is 1. The van der Waals surface area contributed by atoms with Gasteiger partial charge in [0.05, 0.1) is 4.90 Å². The summed E-state index contributed by atoms with van der Waals surface area (Å²) in [5, 5.41) is 2.88. The Balaban J connectivity index is 2.09. The van der Waals surface area contributed by atoms with Gasteiger partial charge in [0.2, 0.25) is 9.84 Å². The number of aromatic nitrogens is 1. The van der Waals surface area contributed by atoms with Crippen LogP contribution < -0.4 is 5.32 Å². The topological polar surface area (TPSA) is 86.6 Å². The van der Waals surface area contributed by atoms with E-state index < -0.39 is 15.9 Å². The minimum absolute atomic E-state index is 0.146. The lowest BCUT2D eigenvalue weighted by molar-refractivity contribution is -0.124. The number of amides is 1. The molecule has 1 aromatic heterocycles. The summed E-state index contributed by atoms with van der Waals surface area (Å²) in [5.41, 5.74) is 2.42. The molecule has 1 unspecified atom stereocenters. The van der Waals surface area contributed by atoms with Crippen LogP contribution in [-0.2, 0) is 30.7 Å². The number of methoxy groups -OCH3 is 1. The molecule has 8 heteroatoms. The molecule has 0 saturated carbocycles. The largest absolute Gasteiger partial charge is 0.385 e. The fourth-order valence-corrected chi connectivity index (χ4v) is 5.45. The number of carbonyl (C=O) groups excluding carboxylic acids is 1. The molecule has 2 heterocycles. The summed E-state index contributed by atoms with van der Waals surface area (Å²) in [5.74, 6) is 0.000487. The molecule has 0 bridgehead atoms. The average molecular weight is 435 g/mol. The molecule has 1 atom stereocenters. The normalized spacial score (nSPS) is 16.7. The first kappa shape index (κ1) is 22.5. The SMILES string of the molecule is COCCCn1c(C)c(C)c(S(=O)(=O)c2ccc(C)cc2)c1NC(=O)C1CCCO1.